The number of azo groups is 1. The maximum Gasteiger partial charge on any atom is 0.357 e. The topological polar surface area (TPSA) is 705 Å². The number of unbranched alkanes of at least 4 members (excludes halogenated alkanes) is 3. The van der Waals surface area contributed by atoms with Gasteiger partial charge in [-0.2, -0.15) is 15.3 Å². The number of fused-ring (bicyclic) bond motifs is 2. The quantitative estimate of drug-likeness (QED) is 0.00650. The van der Waals surface area contributed by atoms with Gasteiger partial charge in [-0.3, -0.25) is 86.9 Å². The number of anilines is 2. The Kier molecular flexibility index (Phi) is 41.1. The number of carboxylic acid groups (broad SMARTS) is 4. The predicted octanol–water partition coefficient (Wildman–Crippen LogP) is 3.15. The standard InChI is InChI=1S/C97H116N22O24/c1-53(2)80(93(138)112-72(51-78(127)128)91(136)107-66(84(98)129)22-13-15-43-101-85(130)56-29-33-61(34-30-56)115-116-62-36-39-64(40-37-62)118(3)4)114-88(133)69(41-42-76(123)124)110-90(135)71(50-77(125)126)106-74(121)26-12-11-25-73(120)105-63-35-31-59-49-65(38-32-58(59)48-63)119-83(96(142)143-5)79(81(117-119)60-28-27-55-20-9-10-21-57(55)47-60)92(137)102-44-16-14-23-68-87(132)108-67(24-17-45-103-97(99)100)86(131)104-52-75(122)113-82(95(140)141)94(139)111-70(89(134)109-68)46-54-18-7-6-8-19-54/h6-10,18-21,27-40,47-49,53,66-72,80,82H,11-17,22-26,41-46,50-52H2,1-5H3,(H2,98,129)(H,101,130)(H,102,137)(H,104,131)(H,105,120)(H,106,121)(H,107,136)(H,108,132)(H,109,134)(H,110,135)(H,111,139)(H,112,138)(H,113,122)(H,114,133)(H,123,124)(H,125,126)(H,127,128)(H,140,141)(H4,99,100,103)/t66?,67-,68?,69?,70-,71?,72?,80?,82+/m0/s1. The molecule has 8 aromatic rings. The Balaban J connectivity index is 0.800. The van der Waals surface area contributed by atoms with Crippen LogP contribution in [0.3, 0.4) is 0 Å². The van der Waals surface area contributed by atoms with E-state index in [4.69, 9.17) is 26.7 Å². The van der Waals surface area contributed by atoms with E-state index in [1.54, 1.807) is 109 Å². The van der Waals surface area contributed by atoms with Gasteiger partial charge in [0.05, 0.1) is 43.6 Å². The van der Waals surface area contributed by atoms with Crippen molar-refractivity contribution in [1.82, 2.24) is 78.9 Å². The minimum Gasteiger partial charge on any atom is -0.481 e. The van der Waals surface area contributed by atoms with Gasteiger partial charge in [0.15, 0.2) is 11.7 Å². The molecule has 1 saturated heterocycles. The molecule has 23 N–H and O–H groups in total. The van der Waals surface area contributed by atoms with Crippen LogP contribution in [0.15, 0.2) is 168 Å². The summed E-state index contributed by atoms with van der Waals surface area (Å²) in [6.07, 6.45) is -3.73. The van der Waals surface area contributed by atoms with Gasteiger partial charge in [0.1, 0.15) is 59.6 Å². The van der Waals surface area contributed by atoms with Crippen molar-refractivity contribution < 1.29 is 116 Å². The van der Waals surface area contributed by atoms with Crippen LogP contribution in [0.25, 0.3) is 38.5 Å². The van der Waals surface area contributed by atoms with E-state index in [-0.39, 0.29) is 132 Å². The molecule has 7 aromatic carbocycles. The zero-order valence-corrected chi connectivity index (χ0v) is 79.0. The number of hydrogen-bond acceptors (Lipinski definition) is 25. The van der Waals surface area contributed by atoms with Crippen molar-refractivity contribution in [2.24, 2.45) is 27.6 Å². The normalized spacial score (nSPS) is 15.6. The summed E-state index contributed by atoms with van der Waals surface area (Å²) in [4.78, 5) is 257. The van der Waals surface area contributed by atoms with Crippen LogP contribution in [-0.4, -0.2) is 250 Å². The molecule has 143 heavy (non-hydrogen) atoms. The van der Waals surface area contributed by atoms with E-state index in [9.17, 15) is 112 Å². The number of guanidine groups is 1. The third kappa shape index (κ3) is 33.9. The van der Waals surface area contributed by atoms with Crippen molar-refractivity contribution in [1.29, 1.82) is 5.41 Å². The summed E-state index contributed by atoms with van der Waals surface area (Å²) in [5.74, 6) is -22.1. The number of nitrogens with zero attached hydrogens (tertiary/aromatic N) is 5. The third-order valence-electron chi connectivity index (χ3n) is 22.7. The number of aliphatic carboxylic acids is 4. The number of amides is 14. The monoisotopic (exact) mass is 1970 g/mol. The van der Waals surface area contributed by atoms with E-state index in [2.05, 4.69) is 79.3 Å². The van der Waals surface area contributed by atoms with Crippen LogP contribution in [0.1, 0.15) is 153 Å². The molecule has 0 radical (unpaired) electrons. The number of carboxylic acids is 4. The molecule has 1 aliphatic rings. The van der Waals surface area contributed by atoms with Crippen LogP contribution in [-0.2, 0) is 87.9 Å². The van der Waals surface area contributed by atoms with Crippen LogP contribution in [0.2, 0.25) is 0 Å². The highest BCUT2D eigenvalue weighted by Gasteiger charge is 2.39. The molecule has 6 unspecified atom stereocenters. The first-order valence-electron chi connectivity index (χ1n) is 45.9. The molecule has 46 nitrogen and oxygen atoms in total. The molecular formula is C97H116N22O24. The lowest BCUT2D eigenvalue weighted by atomic mass is 10.0. The number of hydrogen-bond donors (Lipinski definition) is 21. The predicted molar refractivity (Wildman–Crippen MR) is 519 cm³/mol. The molecule has 9 rings (SSSR count). The number of ether oxygens (including phenoxy) is 1. The molecule has 14 amide bonds. The number of primary amides is 1. The Morgan fingerprint density at radius 2 is 1.06 bits per heavy atom. The molecule has 0 spiro atoms. The van der Waals surface area contributed by atoms with E-state index in [1.165, 1.54) is 18.5 Å². The van der Waals surface area contributed by atoms with Crippen molar-refractivity contribution in [3.05, 3.63) is 180 Å². The second kappa shape index (κ2) is 53.7. The largest absolute Gasteiger partial charge is 0.481 e. The summed E-state index contributed by atoms with van der Waals surface area (Å²) in [6, 6.07) is 29.3. The Hall–Kier alpha value is -17.1. The summed E-state index contributed by atoms with van der Waals surface area (Å²) in [5, 5.41) is 97.6. The first-order valence-corrected chi connectivity index (χ1v) is 45.9. The molecule has 0 bridgehead atoms. The number of rotatable bonds is 49. The smallest absolute Gasteiger partial charge is 0.357 e. The fourth-order valence-electron chi connectivity index (χ4n) is 15.2. The number of benzene rings is 7. The van der Waals surface area contributed by atoms with Crippen molar-refractivity contribution in [2.75, 3.05) is 57.6 Å². The van der Waals surface area contributed by atoms with Gasteiger partial charge in [0.25, 0.3) is 17.7 Å². The van der Waals surface area contributed by atoms with Gasteiger partial charge in [0.2, 0.25) is 71.0 Å². The van der Waals surface area contributed by atoms with Crippen LogP contribution in [0.4, 0.5) is 22.7 Å². The Bertz CT molecular complexity index is 6050. The lowest BCUT2D eigenvalue weighted by molar-refractivity contribution is -0.147. The van der Waals surface area contributed by atoms with Crippen LogP contribution < -0.4 is 90.8 Å². The molecule has 2 heterocycles. The van der Waals surface area contributed by atoms with Gasteiger partial charge < -0.3 is 116 Å². The summed E-state index contributed by atoms with van der Waals surface area (Å²) in [5.41, 5.74) is 14.6. The zero-order chi connectivity index (χ0) is 104. The van der Waals surface area contributed by atoms with Crippen molar-refractivity contribution in [3.63, 3.8) is 0 Å². The summed E-state index contributed by atoms with van der Waals surface area (Å²) in [6.45, 7) is 2.13. The second-order valence-corrected chi connectivity index (χ2v) is 34.2. The number of nitrogens with two attached hydrogens (primary N) is 2. The van der Waals surface area contributed by atoms with Crippen molar-refractivity contribution in [2.45, 2.75) is 177 Å². The highest BCUT2D eigenvalue weighted by Crippen LogP contribution is 2.33. The summed E-state index contributed by atoms with van der Waals surface area (Å²) >= 11 is 0. The highest BCUT2D eigenvalue weighted by molar-refractivity contribution is 6.11. The van der Waals surface area contributed by atoms with Gasteiger partial charge in [-0.15, -0.1) is 0 Å². The molecule has 0 aliphatic carbocycles. The van der Waals surface area contributed by atoms with Crippen LogP contribution in [0.5, 0.6) is 0 Å². The average Bonchev–Trinajstić information content (AvgIpc) is 1.60. The number of carbonyl (C=O) groups excluding carboxylic acids is 15. The molecule has 1 aromatic heterocycles. The molecule has 1 aliphatic heterocycles. The molecular weight excluding hydrogens is 1860 g/mol. The van der Waals surface area contributed by atoms with Crippen LogP contribution >= 0.6 is 0 Å². The van der Waals surface area contributed by atoms with Gasteiger partial charge in [-0.25, -0.2) is 14.3 Å². The van der Waals surface area contributed by atoms with Crippen molar-refractivity contribution >= 4 is 163 Å². The minimum absolute atomic E-state index is 0.0110. The SMILES string of the molecule is COC(=O)c1c(C(=O)NCCCCC2NC(=O)[C@H](Cc3ccccc3)NC(=O)[C@H](C(=O)O)NC(=O)CNC(=O)[C@H](CCCNC(=N)N)NC2=O)c(-c2ccc3ccccc3c2)nn1-c1ccc2cc(NC(=O)CCCCC(=O)NC(CC(=O)O)C(=O)NC(CCC(=O)O)C(=O)NC(C(=O)NC(CC(=O)O)C(=O)NC(CCCCNC(=O)c3ccc(N=Nc4ccc(N(C)C)cc4)cc3)C(N)=O)C(C)C)ccc2c1. The Morgan fingerprint density at radius 1 is 0.517 bits per heavy atom. The van der Waals surface area contributed by atoms with E-state index < -0.39 is 205 Å². The first kappa shape index (κ1) is 110. The fraction of sp³-hybridized carbons (Fsp3) is 0.371. The molecule has 1 fully saturated rings. The molecule has 46 heteroatoms. The number of nitrogens with one attached hydrogen (secondary N) is 15. The van der Waals surface area contributed by atoms with E-state index in [0.717, 1.165) is 23.6 Å². The lowest BCUT2D eigenvalue weighted by Crippen LogP contribution is -2.60. The number of esters is 1. The third-order valence-corrected chi connectivity index (χ3v) is 22.7. The fourth-order valence-corrected chi connectivity index (χ4v) is 15.2. The average molecular weight is 1970 g/mol. The van der Waals surface area contributed by atoms with Gasteiger partial charge in [-0.05, 0) is 183 Å². The van der Waals surface area contributed by atoms with Crippen LogP contribution in [0, 0.1) is 11.3 Å². The van der Waals surface area contributed by atoms with Gasteiger partial charge in [0, 0.05) is 81.9 Å². The number of carbonyl (C=O) groups is 19. The van der Waals surface area contributed by atoms with E-state index in [1.807, 2.05) is 72.8 Å². The van der Waals surface area contributed by atoms with Gasteiger partial charge >= 0.3 is 29.8 Å². The lowest BCUT2D eigenvalue weighted by Gasteiger charge is -2.28. The molecule has 0 saturated carbocycles. The highest BCUT2D eigenvalue weighted by atomic mass is 16.5. The number of aromatic nitrogens is 2. The van der Waals surface area contributed by atoms with E-state index in [0.29, 0.717) is 44.5 Å². The number of methoxy groups -OCH3 is 1. The zero-order valence-electron chi connectivity index (χ0n) is 79.0. The maximum absolute atomic E-state index is 15.0. The maximum atomic E-state index is 15.0. The first-order chi connectivity index (χ1) is 68.2. The Morgan fingerprint density at radius 3 is 1.69 bits per heavy atom. The minimum atomic E-state index is -2.23. The molecule has 9 atom stereocenters. The Labute approximate surface area is 819 Å². The second-order valence-electron chi connectivity index (χ2n) is 34.2. The van der Waals surface area contributed by atoms with Crippen molar-refractivity contribution in [3.8, 4) is 16.9 Å². The summed E-state index contributed by atoms with van der Waals surface area (Å²) < 4.78 is 6.58. The summed E-state index contributed by atoms with van der Waals surface area (Å²) in [7, 11) is 4.94. The van der Waals surface area contributed by atoms with E-state index >= 15 is 0 Å². The van der Waals surface area contributed by atoms with Gasteiger partial charge in [-0.1, -0.05) is 92.7 Å². The molecule has 758 valence electrons.